The fraction of sp³-hybridized carbons (Fsp3) is 0.500. The summed E-state index contributed by atoms with van der Waals surface area (Å²) >= 11 is 3.39. The zero-order valence-corrected chi connectivity index (χ0v) is 20.2. The number of aromatic nitrogens is 5. The minimum Gasteiger partial charge on any atom is -0.497 e. The Morgan fingerprint density at radius 2 is 2.09 bits per heavy atom. The van der Waals surface area contributed by atoms with E-state index >= 15 is 0 Å². The van der Waals surface area contributed by atoms with Gasteiger partial charge < -0.3 is 10.1 Å². The molecule has 1 N–H and O–H groups in total. The minimum absolute atomic E-state index is 0.100. The van der Waals surface area contributed by atoms with Crippen LogP contribution in [0.25, 0.3) is 0 Å². The molecule has 4 aliphatic carbocycles. The Hall–Kier alpha value is -2.68. The van der Waals surface area contributed by atoms with E-state index in [-0.39, 0.29) is 16.9 Å². The molecule has 1 aromatic carbocycles. The van der Waals surface area contributed by atoms with Gasteiger partial charge in [0.2, 0.25) is 10.6 Å². The van der Waals surface area contributed by atoms with Gasteiger partial charge in [0.05, 0.1) is 36.5 Å². The van der Waals surface area contributed by atoms with Crippen LogP contribution in [0.5, 0.6) is 5.75 Å². The van der Waals surface area contributed by atoms with Crippen molar-refractivity contribution < 1.29 is 9.53 Å². The molecule has 1 amide bonds. The highest BCUT2D eigenvalue weighted by Crippen LogP contribution is 2.64. The smallest absolute Gasteiger partial charge is 0.230 e. The molecule has 2 heterocycles. The lowest BCUT2D eigenvalue weighted by Gasteiger charge is -2.60. The molecule has 0 aliphatic heterocycles. The van der Waals surface area contributed by atoms with E-state index < -0.39 is 0 Å². The van der Waals surface area contributed by atoms with E-state index in [1.807, 2.05) is 46.2 Å². The van der Waals surface area contributed by atoms with Crippen molar-refractivity contribution in [2.45, 2.75) is 50.6 Å². The molecule has 0 spiro atoms. The molecule has 33 heavy (non-hydrogen) atoms. The Bertz CT molecular complexity index is 1190. The van der Waals surface area contributed by atoms with Crippen LogP contribution in [0.3, 0.4) is 0 Å². The Morgan fingerprint density at radius 3 is 2.82 bits per heavy atom. The van der Waals surface area contributed by atoms with Crippen molar-refractivity contribution in [3.05, 3.63) is 53.3 Å². The van der Waals surface area contributed by atoms with E-state index in [9.17, 15) is 4.79 Å². The number of halogens is 1. The van der Waals surface area contributed by atoms with Gasteiger partial charge in [0.25, 0.3) is 0 Å². The highest BCUT2D eigenvalue weighted by atomic mass is 79.9. The molecule has 4 aliphatic rings. The molecule has 3 aromatic rings. The highest BCUT2D eigenvalue weighted by molar-refractivity contribution is 9.10. The first kappa shape index (κ1) is 20.9. The number of amides is 1. The molecule has 2 atom stereocenters. The summed E-state index contributed by atoms with van der Waals surface area (Å²) in [5.74, 6) is 2.08. The van der Waals surface area contributed by atoms with Gasteiger partial charge in [0, 0.05) is 6.20 Å². The third-order valence-corrected chi connectivity index (χ3v) is 8.19. The lowest BCUT2D eigenvalue weighted by atomic mass is 9.46. The van der Waals surface area contributed by atoms with Gasteiger partial charge in [-0.05, 0) is 84.0 Å². The first-order valence-electron chi connectivity index (χ1n) is 11.5. The predicted molar refractivity (Wildman–Crippen MR) is 126 cm³/mol. The van der Waals surface area contributed by atoms with Crippen molar-refractivity contribution in [1.82, 2.24) is 24.5 Å². The Kier molecular flexibility index (Phi) is 4.87. The topological polar surface area (TPSA) is 86.9 Å². The fourth-order valence-electron chi connectivity index (χ4n) is 6.96. The molecular formula is C24H27BrN6O2. The van der Waals surface area contributed by atoms with Crippen LogP contribution in [0.15, 0.2) is 47.7 Å². The SMILES string of the molecule is COc1cccc(Cn2cc(NC(=O)C34CC5CC(C3)CC(n3cnc(Br)n3)(C5)C4)cn2)c1. The minimum atomic E-state index is -0.350. The summed E-state index contributed by atoms with van der Waals surface area (Å²) in [5.41, 5.74) is 1.39. The maximum Gasteiger partial charge on any atom is 0.230 e. The van der Waals surface area contributed by atoms with E-state index in [0.717, 1.165) is 49.1 Å². The number of carbonyl (C=O) groups excluding carboxylic acids is 1. The molecule has 2 aromatic heterocycles. The van der Waals surface area contributed by atoms with Crippen LogP contribution in [-0.2, 0) is 16.9 Å². The van der Waals surface area contributed by atoms with Crippen molar-refractivity contribution in [3.63, 3.8) is 0 Å². The van der Waals surface area contributed by atoms with Gasteiger partial charge >= 0.3 is 0 Å². The van der Waals surface area contributed by atoms with Crippen LogP contribution in [0.1, 0.15) is 44.1 Å². The second-order valence-corrected chi connectivity index (χ2v) is 10.9. The van der Waals surface area contributed by atoms with E-state index in [0.29, 0.717) is 23.1 Å². The van der Waals surface area contributed by atoms with Gasteiger partial charge in [0.1, 0.15) is 12.1 Å². The van der Waals surface area contributed by atoms with E-state index in [1.165, 1.54) is 6.42 Å². The van der Waals surface area contributed by atoms with E-state index in [2.05, 4.69) is 36.4 Å². The van der Waals surface area contributed by atoms with Crippen LogP contribution >= 0.6 is 15.9 Å². The van der Waals surface area contributed by atoms with Crippen molar-refractivity contribution >= 4 is 27.5 Å². The Labute approximate surface area is 200 Å². The lowest BCUT2D eigenvalue weighted by Crippen LogP contribution is -2.60. The zero-order chi connectivity index (χ0) is 22.6. The number of nitrogens with zero attached hydrogens (tertiary/aromatic N) is 5. The van der Waals surface area contributed by atoms with Crippen LogP contribution in [-0.4, -0.2) is 37.6 Å². The van der Waals surface area contributed by atoms with E-state index in [4.69, 9.17) is 4.74 Å². The molecular weight excluding hydrogens is 484 g/mol. The van der Waals surface area contributed by atoms with Crippen LogP contribution in [0, 0.1) is 17.3 Å². The first-order valence-corrected chi connectivity index (χ1v) is 12.3. The third-order valence-electron chi connectivity index (χ3n) is 7.83. The maximum absolute atomic E-state index is 13.7. The van der Waals surface area contributed by atoms with Crippen molar-refractivity contribution in [1.29, 1.82) is 0 Å². The molecule has 4 bridgehead atoms. The number of hydrogen-bond acceptors (Lipinski definition) is 5. The second-order valence-electron chi connectivity index (χ2n) is 10.2. The van der Waals surface area contributed by atoms with Crippen molar-refractivity contribution in [2.75, 3.05) is 12.4 Å². The highest BCUT2D eigenvalue weighted by Gasteiger charge is 2.61. The van der Waals surface area contributed by atoms with Crippen LogP contribution in [0.4, 0.5) is 5.69 Å². The van der Waals surface area contributed by atoms with E-state index in [1.54, 1.807) is 13.3 Å². The molecule has 2 unspecified atom stereocenters. The average molecular weight is 511 g/mol. The summed E-state index contributed by atoms with van der Waals surface area (Å²) < 4.78 is 9.80. The first-order chi connectivity index (χ1) is 16.0. The molecule has 0 saturated heterocycles. The van der Waals surface area contributed by atoms with Gasteiger partial charge in [-0.2, -0.15) is 5.10 Å². The third kappa shape index (κ3) is 3.66. The predicted octanol–water partition coefficient (Wildman–Crippen LogP) is 4.23. The van der Waals surface area contributed by atoms with Gasteiger partial charge in [-0.1, -0.05) is 12.1 Å². The number of methoxy groups -OCH3 is 1. The Morgan fingerprint density at radius 1 is 1.27 bits per heavy atom. The molecule has 172 valence electrons. The number of rotatable bonds is 6. The number of carbonyl (C=O) groups is 1. The second kappa shape index (κ2) is 7.68. The van der Waals surface area contributed by atoms with Gasteiger partial charge in [-0.3, -0.25) is 9.48 Å². The summed E-state index contributed by atoms with van der Waals surface area (Å²) in [6.45, 7) is 0.618. The maximum atomic E-state index is 13.7. The number of ether oxygens (including phenoxy) is 1. The van der Waals surface area contributed by atoms with Gasteiger partial charge in [0.15, 0.2) is 0 Å². The summed E-state index contributed by atoms with van der Waals surface area (Å²) in [4.78, 5) is 18.0. The van der Waals surface area contributed by atoms with Crippen LogP contribution < -0.4 is 10.1 Å². The van der Waals surface area contributed by atoms with Crippen molar-refractivity contribution in [2.24, 2.45) is 17.3 Å². The van der Waals surface area contributed by atoms with Crippen LogP contribution in [0.2, 0.25) is 0 Å². The number of anilines is 1. The average Bonchev–Trinajstić information content (AvgIpc) is 3.42. The summed E-state index contributed by atoms with van der Waals surface area (Å²) in [5, 5.41) is 12.3. The van der Waals surface area contributed by atoms with Crippen molar-refractivity contribution in [3.8, 4) is 5.75 Å². The fourth-order valence-corrected chi connectivity index (χ4v) is 7.22. The lowest BCUT2D eigenvalue weighted by molar-refractivity contribution is -0.150. The standard InChI is InChI=1S/C24H27BrN6O2/c1-33-20-4-2-3-16(6-20)12-30-13-19(11-27-30)28-21(32)23-7-17-5-18(8-23)10-24(9-17,14-23)31-15-26-22(25)29-31/h2-4,6,11,13,15,17-18H,5,7-10,12,14H2,1H3,(H,28,32). The summed E-state index contributed by atoms with van der Waals surface area (Å²) in [6, 6.07) is 7.93. The number of hydrogen-bond donors (Lipinski definition) is 1. The molecule has 0 radical (unpaired) electrons. The molecule has 4 saturated carbocycles. The molecule has 7 rings (SSSR count). The summed E-state index contributed by atoms with van der Waals surface area (Å²) in [7, 11) is 1.66. The molecule has 9 heteroatoms. The summed E-state index contributed by atoms with van der Waals surface area (Å²) in [6.07, 6.45) is 11.6. The van der Waals surface area contributed by atoms with Gasteiger partial charge in [-0.15, -0.1) is 5.10 Å². The zero-order valence-electron chi connectivity index (χ0n) is 18.6. The normalized spacial score (nSPS) is 29.9. The Balaban J connectivity index is 1.20. The monoisotopic (exact) mass is 510 g/mol. The largest absolute Gasteiger partial charge is 0.497 e. The molecule has 4 fully saturated rings. The number of nitrogens with one attached hydrogen (secondary N) is 1. The quantitative estimate of drug-likeness (QED) is 0.536. The molecule has 8 nitrogen and oxygen atoms in total. The van der Waals surface area contributed by atoms with Gasteiger partial charge in [-0.25, -0.2) is 9.67 Å². The number of benzene rings is 1.